The quantitative estimate of drug-likeness (QED) is 0.749. The van der Waals surface area contributed by atoms with E-state index in [1.165, 1.54) is 6.07 Å². The third-order valence-corrected chi connectivity index (χ3v) is 1.61. The molecule has 1 aromatic heterocycles. The zero-order valence-corrected chi connectivity index (χ0v) is 7.38. The first-order chi connectivity index (χ1) is 8.83. The zero-order chi connectivity index (χ0) is 15.6. The van der Waals surface area contributed by atoms with E-state index in [1.807, 2.05) is 0 Å². The van der Waals surface area contributed by atoms with Crippen LogP contribution in [0.4, 0.5) is 5.88 Å². The van der Waals surface area contributed by atoms with Gasteiger partial charge in [-0.05, 0) is 15.9 Å². The van der Waals surface area contributed by atoms with Crippen molar-refractivity contribution in [2.45, 2.75) is 0 Å². The van der Waals surface area contributed by atoms with Crippen LogP contribution in [0.15, 0.2) is 21.2 Å². The predicted octanol–water partition coefficient (Wildman–Crippen LogP) is 1.88. The summed E-state index contributed by atoms with van der Waals surface area (Å²) in [4.78, 5) is 0.272. The molecule has 1 aromatic rings. The van der Waals surface area contributed by atoms with Gasteiger partial charge in [-0.2, -0.15) is 0 Å². The Labute approximate surface area is 90.7 Å². The van der Waals surface area contributed by atoms with Crippen molar-refractivity contribution in [1.29, 1.82) is 0 Å². The maximum Gasteiger partial charge on any atom is 0.196 e. The van der Waals surface area contributed by atoms with E-state index < -0.39 is 26.1 Å². The molecule has 0 amide bonds. The van der Waals surface area contributed by atoms with Crippen molar-refractivity contribution >= 4 is 21.8 Å². The molecule has 0 unspecified atom stereocenters. The summed E-state index contributed by atoms with van der Waals surface area (Å²) in [5.74, 6) is -0.358. The molecule has 66 valence electrons. The monoisotopic (exact) mass is 239 g/mol. The van der Waals surface area contributed by atoms with Gasteiger partial charge in [0.2, 0.25) is 0 Å². The molecule has 0 N–H and O–H groups in total. The van der Waals surface area contributed by atoms with Crippen LogP contribution < -0.4 is 4.90 Å². The van der Waals surface area contributed by atoms with E-state index in [-0.39, 0.29) is 10.8 Å². The molecule has 2 heterocycles. The van der Waals surface area contributed by atoms with Gasteiger partial charge >= 0.3 is 0 Å². The molecule has 1 aliphatic heterocycles. The van der Waals surface area contributed by atoms with Crippen molar-refractivity contribution in [2.24, 2.45) is 0 Å². The highest BCUT2D eigenvalue weighted by molar-refractivity contribution is 9.10. The molecule has 0 bridgehead atoms. The Morgan fingerprint density at radius 2 is 2.25 bits per heavy atom. The number of rotatable bonds is 1. The number of anilines is 1. The van der Waals surface area contributed by atoms with Gasteiger partial charge < -0.3 is 14.1 Å². The Balaban J connectivity index is 2.64. The summed E-state index contributed by atoms with van der Waals surface area (Å²) in [6.07, 6.45) is 1.15. The van der Waals surface area contributed by atoms with Crippen LogP contribution in [-0.4, -0.2) is 26.1 Å². The van der Waals surface area contributed by atoms with Crippen molar-refractivity contribution < 1.29 is 20.1 Å². The second kappa shape index (κ2) is 3.49. The van der Waals surface area contributed by atoms with E-state index in [0.29, 0.717) is 4.47 Å². The minimum Gasteiger partial charge on any atom is -0.448 e. The number of furan rings is 1. The van der Waals surface area contributed by atoms with Crippen LogP contribution >= 0.6 is 15.9 Å². The number of nitrogens with zero attached hydrogens (tertiary/aromatic N) is 1. The number of hydrogen-bond acceptors (Lipinski definition) is 3. The Bertz CT molecular complexity index is 504. The molecule has 0 atom stereocenters. The van der Waals surface area contributed by atoms with Crippen LogP contribution in [-0.2, 0) is 4.74 Å². The molecule has 1 aliphatic rings. The Hall–Kier alpha value is -0.480. The smallest absolute Gasteiger partial charge is 0.196 e. The fourth-order valence-corrected chi connectivity index (χ4v) is 1.01. The van der Waals surface area contributed by atoms with Crippen LogP contribution in [0.2, 0.25) is 0 Å². The van der Waals surface area contributed by atoms with Crippen LogP contribution in [0.1, 0.15) is 11.0 Å². The molecule has 0 aromatic carbocycles. The summed E-state index contributed by atoms with van der Waals surface area (Å²) in [6.45, 7) is -12.1. The standard InChI is InChI=1S/C8H10BrNO2/c9-7-5-8(12-6-7)10-1-3-11-4-2-10/h5-6H,1-4H2/i1D2,2D2,3D2,4D2. The van der Waals surface area contributed by atoms with Gasteiger partial charge in [-0.25, -0.2) is 0 Å². The van der Waals surface area contributed by atoms with Gasteiger partial charge in [0.25, 0.3) is 0 Å². The SMILES string of the molecule is [2H]C1([2H])OC([2H])([2H])C([2H])([2H])N(c2cc(Br)co2)C1([2H])[2H]. The number of halogens is 1. The average molecular weight is 240 g/mol. The van der Waals surface area contributed by atoms with Gasteiger partial charge in [0.1, 0.15) is 6.26 Å². The minimum absolute atomic E-state index is 0.272. The Morgan fingerprint density at radius 1 is 1.50 bits per heavy atom. The first kappa shape index (κ1) is 3.03. The van der Waals surface area contributed by atoms with Gasteiger partial charge in [-0.15, -0.1) is 0 Å². The molecular weight excluding hydrogens is 222 g/mol. The number of hydrogen-bond donors (Lipinski definition) is 0. The van der Waals surface area contributed by atoms with Crippen molar-refractivity contribution in [1.82, 2.24) is 0 Å². The van der Waals surface area contributed by atoms with Gasteiger partial charge in [-0.3, -0.25) is 0 Å². The van der Waals surface area contributed by atoms with Gasteiger partial charge in [-0.1, -0.05) is 0 Å². The highest BCUT2D eigenvalue weighted by Gasteiger charge is 2.13. The molecule has 2 rings (SSSR count). The molecule has 0 saturated carbocycles. The van der Waals surface area contributed by atoms with Crippen LogP contribution in [0.5, 0.6) is 0 Å². The number of morpholine rings is 1. The lowest BCUT2D eigenvalue weighted by atomic mass is 10.4. The summed E-state index contributed by atoms with van der Waals surface area (Å²) in [7, 11) is 0. The second-order valence-corrected chi connectivity index (χ2v) is 2.88. The van der Waals surface area contributed by atoms with Gasteiger partial charge in [0.05, 0.1) is 28.6 Å². The predicted molar refractivity (Wildman–Crippen MR) is 49.4 cm³/mol. The van der Waals surface area contributed by atoms with Crippen molar-refractivity contribution in [3.63, 3.8) is 0 Å². The third kappa shape index (κ3) is 1.64. The molecule has 0 spiro atoms. The van der Waals surface area contributed by atoms with Crippen molar-refractivity contribution in [3.05, 3.63) is 16.8 Å². The second-order valence-electron chi connectivity index (χ2n) is 1.97. The molecule has 1 saturated heterocycles. The number of ether oxygens (including phenoxy) is 1. The topological polar surface area (TPSA) is 25.6 Å². The summed E-state index contributed by atoms with van der Waals surface area (Å²) in [5.41, 5.74) is 0. The van der Waals surface area contributed by atoms with Crippen LogP contribution in [0, 0.1) is 0 Å². The van der Waals surface area contributed by atoms with E-state index in [4.69, 9.17) is 15.4 Å². The molecule has 0 radical (unpaired) electrons. The van der Waals surface area contributed by atoms with Crippen molar-refractivity contribution in [3.8, 4) is 0 Å². The first-order valence-corrected chi connectivity index (χ1v) is 3.87. The van der Waals surface area contributed by atoms with Crippen LogP contribution in [0.3, 0.4) is 0 Å². The summed E-state index contributed by atoms with van der Waals surface area (Å²) in [6, 6.07) is 1.22. The summed E-state index contributed by atoms with van der Waals surface area (Å²) in [5, 5.41) is 0. The molecule has 0 aliphatic carbocycles. The lowest BCUT2D eigenvalue weighted by molar-refractivity contribution is 0.120. The van der Waals surface area contributed by atoms with E-state index in [1.54, 1.807) is 0 Å². The third-order valence-electron chi connectivity index (χ3n) is 1.19. The largest absolute Gasteiger partial charge is 0.448 e. The Kier molecular flexibility index (Phi) is 0.881. The van der Waals surface area contributed by atoms with E-state index in [9.17, 15) is 0 Å². The minimum atomic E-state index is -3.08. The first-order valence-electron chi connectivity index (χ1n) is 7.07. The van der Waals surface area contributed by atoms with E-state index in [2.05, 4.69) is 20.7 Å². The molecule has 4 heteroatoms. The van der Waals surface area contributed by atoms with E-state index >= 15 is 0 Å². The molecular formula is C8H10BrNO2. The normalized spacial score (nSPS) is 44.9. The average Bonchev–Trinajstić information content (AvgIpc) is 2.60. The Morgan fingerprint density at radius 3 is 2.83 bits per heavy atom. The van der Waals surface area contributed by atoms with Crippen molar-refractivity contribution in [2.75, 3.05) is 31.0 Å². The summed E-state index contributed by atoms with van der Waals surface area (Å²) >= 11 is 3.05. The molecule has 1 fully saturated rings. The maximum absolute atomic E-state index is 7.78. The van der Waals surface area contributed by atoms with E-state index in [0.717, 1.165) is 6.26 Å². The fraction of sp³-hybridized carbons (Fsp3) is 0.500. The highest BCUT2D eigenvalue weighted by Crippen LogP contribution is 2.22. The lowest BCUT2D eigenvalue weighted by Gasteiger charge is -2.25. The fourth-order valence-electron chi connectivity index (χ4n) is 0.721. The zero-order valence-electron chi connectivity index (χ0n) is 13.8. The highest BCUT2D eigenvalue weighted by atomic mass is 79.9. The van der Waals surface area contributed by atoms with Gasteiger partial charge in [0.15, 0.2) is 5.88 Å². The molecule has 3 nitrogen and oxygen atoms in total. The lowest BCUT2D eigenvalue weighted by Crippen LogP contribution is -2.35. The van der Waals surface area contributed by atoms with Gasteiger partial charge in [0, 0.05) is 19.1 Å². The van der Waals surface area contributed by atoms with Crippen LogP contribution in [0.25, 0.3) is 0 Å². The maximum atomic E-state index is 7.78. The summed E-state index contributed by atoms with van der Waals surface area (Å²) < 4.78 is 70.9. The molecule has 12 heavy (non-hydrogen) atoms.